The predicted molar refractivity (Wildman–Crippen MR) is 113 cm³/mol. The van der Waals surface area contributed by atoms with Crippen molar-refractivity contribution in [1.82, 2.24) is 0 Å². The van der Waals surface area contributed by atoms with Gasteiger partial charge in [-0.3, -0.25) is 10.1 Å². The highest BCUT2D eigenvalue weighted by Gasteiger charge is 2.09. The second-order valence-electron chi connectivity index (χ2n) is 6.19. The van der Waals surface area contributed by atoms with Crippen LogP contribution in [-0.4, -0.2) is 63.6 Å². The SMILES string of the molecule is CNc1ccc(OC(=O)COCCOCCOCC(=O)Oc2ccc([N+](=O)[O-])cc2)cc1. The molecule has 0 heterocycles. The van der Waals surface area contributed by atoms with Crippen molar-refractivity contribution in [2.45, 2.75) is 0 Å². The van der Waals surface area contributed by atoms with Crippen molar-refractivity contribution in [2.75, 3.05) is 52.0 Å². The van der Waals surface area contributed by atoms with E-state index < -0.39 is 16.9 Å². The Labute approximate surface area is 184 Å². The third-order valence-electron chi connectivity index (χ3n) is 3.84. The molecule has 32 heavy (non-hydrogen) atoms. The van der Waals surface area contributed by atoms with Crippen LogP contribution in [0.2, 0.25) is 0 Å². The summed E-state index contributed by atoms with van der Waals surface area (Å²) in [7, 11) is 1.79. The molecule has 0 fully saturated rings. The minimum Gasteiger partial charge on any atom is -0.425 e. The molecule has 0 saturated heterocycles. The van der Waals surface area contributed by atoms with Crippen LogP contribution in [0.4, 0.5) is 11.4 Å². The number of nitrogens with one attached hydrogen (secondary N) is 1. The number of anilines is 1. The summed E-state index contributed by atoms with van der Waals surface area (Å²) in [6, 6.07) is 12.1. The molecular formula is C21H24N2O9. The number of carbonyl (C=O) groups is 2. The fourth-order valence-electron chi connectivity index (χ4n) is 2.30. The summed E-state index contributed by atoms with van der Waals surface area (Å²) in [4.78, 5) is 33.4. The number of esters is 2. The Morgan fingerprint density at radius 2 is 1.22 bits per heavy atom. The zero-order valence-corrected chi connectivity index (χ0v) is 17.5. The Kier molecular flexibility index (Phi) is 10.6. The first-order valence-corrected chi connectivity index (χ1v) is 9.65. The first-order valence-electron chi connectivity index (χ1n) is 9.65. The smallest absolute Gasteiger partial charge is 0.337 e. The lowest BCUT2D eigenvalue weighted by Crippen LogP contribution is -2.19. The summed E-state index contributed by atoms with van der Waals surface area (Å²) in [5.41, 5.74) is 0.807. The van der Waals surface area contributed by atoms with Gasteiger partial charge < -0.3 is 29.0 Å². The lowest BCUT2D eigenvalue weighted by Gasteiger charge is -2.08. The van der Waals surface area contributed by atoms with Gasteiger partial charge >= 0.3 is 11.9 Å². The van der Waals surface area contributed by atoms with Crippen LogP contribution in [0.25, 0.3) is 0 Å². The highest BCUT2D eigenvalue weighted by Crippen LogP contribution is 2.17. The number of carbonyl (C=O) groups excluding carboxylic acids is 2. The Balaban J connectivity index is 1.45. The first-order chi connectivity index (χ1) is 15.5. The molecule has 0 unspecified atom stereocenters. The zero-order valence-electron chi connectivity index (χ0n) is 17.5. The van der Waals surface area contributed by atoms with E-state index in [0.29, 0.717) is 5.75 Å². The predicted octanol–water partition coefficient (Wildman–Crippen LogP) is 2.20. The second-order valence-corrected chi connectivity index (χ2v) is 6.19. The Bertz CT molecular complexity index is 870. The topological polar surface area (TPSA) is 135 Å². The minimum atomic E-state index is -0.638. The highest BCUT2D eigenvalue weighted by molar-refractivity contribution is 5.74. The van der Waals surface area contributed by atoms with Crippen LogP contribution in [0.3, 0.4) is 0 Å². The molecule has 0 aliphatic heterocycles. The van der Waals surface area contributed by atoms with Crippen molar-refractivity contribution in [3.63, 3.8) is 0 Å². The monoisotopic (exact) mass is 448 g/mol. The number of rotatable bonds is 14. The molecule has 172 valence electrons. The molecule has 1 N–H and O–H groups in total. The quantitative estimate of drug-likeness (QED) is 0.151. The Morgan fingerprint density at radius 3 is 1.66 bits per heavy atom. The van der Waals surface area contributed by atoms with Gasteiger partial charge in [-0.15, -0.1) is 0 Å². The van der Waals surface area contributed by atoms with Gasteiger partial charge in [0.2, 0.25) is 0 Å². The van der Waals surface area contributed by atoms with Gasteiger partial charge in [-0.1, -0.05) is 0 Å². The maximum atomic E-state index is 11.7. The molecule has 2 rings (SSSR count). The molecule has 0 spiro atoms. The number of nitrogens with zero attached hydrogens (tertiary/aromatic N) is 1. The number of nitro groups is 1. The van der Waals surface area contributed by atoms with E-state index in [1.165, 1.54) is 24.3 Å². The first kappa shape index (κ1) is 24.7. The maximum Gasteiger partial charge on any atom is 0.337 e. The number of non-ortho nitro benzene ring substituents is 1. The van der Waals surface area contributed by atoms with E-state index in [9.17, 15) is 19.7 Å². The molecule has 0 aliphatic rings. The van der Waals surface area contributed by atoms with Crippen molar-refractivity contribution in [1.29, 1.82) is 0 Å². The van der Waals surface area contributed by atoms with Crippen molar-refractivity contribution in [3.8, 4) is 11.5 Å². The summed E-state index contributed by atoms with van der Waals surface area (Å²) in [5.74, 6) is -0.539. The fourth-order valence-corrected chi connectivity index (χ4v) is 2.30. The highest BCUT2D eigenvalue weighted by atomic mass is 16.6. The summed E-state index contributed by atoms with van der Waals surface area (Å²) in [5, 5.41) is 13.5. The number of nitro benzene ring substituents is 1. The van der Waals surface area contributed by atoms with Crippen molar-refractivity contribution >= 4 is 23.3 Å². The van der Waals surface area contributed by atoms with Crippen LogP contribution in [-0.2, 0) is 23.8 Å². The largest absolute Gasteiger partial charge is 0.425 e. The van der Waals surface area contributed by atoms with Gasteiger partial charge in [-0.05, 0) is 36.4 Å². The van der Waals surface area contributed by atoms with E-state index in [-0.39, 0.29) is 51.1 Å². The van der Waals surface area contributed by atoms with E-state index in [0.717, 1.165) is 5.69 Å². The Hall–Kier alpha value is -3.54. The molecule has 11 heteroatoms. The number of benzene rings is 2. The summed E-state index contributed by atoms with van der Waals surface area (Å²) < 4.78 is 25.7. The average molecular weight is 448 g/mol. The summed E-state index contributed by atoms with van der Waals surface area (Å²) in [6.07, 6.45) is 0. The normalized spacial score (nSPS) is 10.4. The maximum absolute atomic E-state index is 11.7. The molecule has 0 atom stereocenters. The van der Waals surface area contributed by atoms with E-state index in [2.05, 4.69) is 5.32 Å². The van der Waals surface area contributed by atoms with Crippen LogP contribution in [0.5, 0.6) is 11.5 Å². The lowest BCUT2D eigenvalue weighted by atomic mass is 10.3. The van der Waals surface area contributed by atoms with Gasteiger partial charge in [-0.2, -0.15) is 0 Å². The van der Waals surface area contributed by atoms with Gasteiger partial charge in [0.05, 0.1) is 31.4 Å². The van der Waals surface area contributed by atoms with Crippen LogP contribution >= 0.6 is 0 Å². The molecule has 0 radical (unpaired) electrons. The standard InChI is InChI=1S/C21H24N2O9/c1-22-16-2-6-18(7-3-16)31-20(24)14-29-12-10-28-11-13-30-15-21(25)32-19-8-4-17(5-9-19)23(26)27/h2-9,22H,10-15H2,1H3. The number of hydrogen-bond acceptors (Lipinski definition) is 10. The third-order valence-corrected chi connectivity index (χ3v) is 3.84. The third kappa shape index (κ3) is 9.51. The van der Waals surface area contributed by atoms with Gasteiger partial charge in [-0.25, -0.2) is 9.59 Å². The summed E-state index contributed by atoms with van der Waals surface area (Å²) in [6.45, 7) is 0.299. The second kappa shape index (κ2) is 13.7. The van der Waals surface area contributed by atoms with Gasteiger partial charge in [0.1, 0.15) is 24.7 Å². The van der Waals surface area contributed by atoms with Gasteiger partial charge in [0.15, 0.2) is 0 Å². The zero-order chi connectivity index (χ0) is 23.2. The molecule has 11 nitrogen and oxygen atoms in total. The molecular weight excluding hydrogens is 424 g/mol. The molecule has 0 amide bonds. The summed E-state index contributed by atoms with van der Waals surface area (Å²) >= 11 is 0. The molecule has 0 aromatic heterocycles. The molecule has 2 aromatic carbocycles. The molecule has 0 bridgehead atoms. The average Bonchev–Trinajstić information content (AvgIpc) is 2.78. The van der Waals surface area contributed by atoms with Crippen LogP contribution in [0, 0.1) is 10.1 Å². The van der Waals surface area contributed by atoms with Gasteiger partial charge in [0.25, 0.3) is 5.69 Å². The Morgan fingerprint density at radius 1 is 0.781 bits per heavy atom. The minimum absolute atomic E-state index is 0.0986. The van der Waals surface area contributed by atoms with Gasteiger partial charge in [0, 0.05) is 24.9 Å². The number of ether oxygens (including phenoxy) is 5. The van der Waals surface area contributed by atoms with Crippen molar-refractivity contribution < 1.29 is 38.2 Å². The molecule has 0 saturated carbocycles. The van der Waals surface area contributed by atoms with Crippen LogP contribution < -0.4 is 14.8 Å². The van der Waals surface area contributed by atoms with E-state index in [1.807, 2.05) is 0 Å². The fraction of sp³-hybridized carbons (Fsp3) is 0.333. The van der Waals surface area contributed by atoms with Crippen LogP contribution in [0.15, 0.2) is 48.5 Å². The van der Waals surface area contributed by atoms with Crippen LogP contribution in [0.1, 0.15) is 0 Å². The molecule has 0 aliphatic carbocycles. The number of hydrogen-bond donors (Lipinski definition) is 1. The van der Waals surface area contributed by atoms with E-state index >= 15 is 0 Å². The molecule has 2 aromatic rings. The van der Waals surface area contributed by atoms with E-state index in [4.69, 9.17) is 23.7 Å². The van der Waals surface area contributed by atoms with Crippen molar-refractivity contribution in [3.05, 3.63) is 58.6 Å². The lowest BCUT2D eigenvalue weighted by molar-refractivity contribution is -0.384. The van der Waals surface area contributed by atoms with E-state index in [1.54, 1.807) is 31.3 Å². The van der Waals surface area contributed by atoms with Crippen molar-refractivity contribution in [2.24, 2.45) is 0 Å².